The zero-order valence-electron chi connectivity index (χ0n) is 15.1. The fraction of sp³-hybridized carbons (Fsp3) is 0.333. The number of aryl methyl sites for hydroxylation is 2. The van der Waals surface area contributed by atoms with Crippen molar-refractivity contribution in [3.63, 3.8) is 0 Å². The van der Waals surface area contributed by atoms with Crippen LogP contribution in [0.4, 0.5) is 5.69 Å². The van der Waals surface area contributed by atoms with E-state index in [0.717, 1.165) is 17.7 Å². The highest BCUT2D eigenvalue weighted by molar-refractivity contribution is 6.00. The molecule has 1 amide bonds. The number of carbonyl (C=O) groups excluding carboxylic acids is 2. The first-order valence-electron chi connectivity index (χ1n) is 8.89. The van der Waals surface area contributed by atoms with Gasteiger partial charge in [0.25, 0.3) is 0 Å². The van der Waals surface area contributed by atoms with Gasteiger partial charge in [-0.05, 0) is 48.7 Å². The molecule has 26 heavy (non-hydrogen) atoms. The van der Waals surface area contributed by atoms with Crippen molar-refractivity contribution in [1.29, 1.82) is 0 Å². The molecule has 0 aliphatic carbocycles. The highest BCUT2D eigenvalue weighted by atomic mass is 16.6. The number of Topliss-reactive ketones (excluding diaryl/α,β-unsaturated/α-hetero) is 1. The fourth-order valence-electron chi connectivity index (χ4n) is 2.82. The average molecular weight is 353 g/mol. The van der Waals surface area contributed by atoms with Crippen molar-refractivity contribution in [2.24, 2.45) is 0 Å². The Morgan fingerprint density at radius 2 is 1.77 bits per heavy atom. The zero-order chi connectivity index (χ0) is 18.5. The number of amides is 1. The van der Waals surface area contributed by atoms with Crippen molar-refractivity contribution in [2.45, 2.75) is 33.1 Å². The summed E-state index contributed by atoms with van der Waals surface area (Å²) >= 11 is 0. The molecule has 0 unspecified atom stereocenters. The summed E-state index contributed by atoms with van der Waals surface area (Å²) in [6, 6.07) is 11.2. The third-order valence-corrected chi connectivity index (χ3v) is 4.43. The summed E-state index contributed by atoms with van der Waals surface area (Å²) in [6.07, 6.45) is 1.20. The van der Waals surface area contributed by atoms with E-state index >= 15 is 0 Å². The number of benzene rings is 2. The van der Waals surface area contributed by atoms with Gasteiger partial charge in [0.2, 0.25) is 5.91 Å². The lowest BCUT2D eigenvalue weighted by molar-refractivity contribution is -0.116. The first kappa shape index (κ1) is 18.0. The van der Waals surface area contributed by atoms with Crippen molar-refractivity contribution in [3.05, 3.63) is 53.1 Å². The molecular weight excluding hydrogens is 330 g/mol. The van der Waals surface area contributed by atoms with Crippen molar-refractivity contribution >= 4 is 17.4 Å². The molecule has 0 atom stereocenters. The summed E-state index contributed by atoms with van der Waals surface area (Å²) in [5.74, 6) is 0.985. The van der Waals surface area contributed by atoms with Gasteiger partial charge in [-0.25, -0.2) is 0 Å². The number of hydrogen-bond acceptors (Lipinski definition) is 4. The molecule has 0 radical (unpaired) electrons. The van der Waals surface area contributed by atoms with E-state index in [1.807, 2.05) is 19.1 Å². The number of ketones is 1. The van der Waals surface area contributed by atoms with Gasteiger partial charge < -0.3 is 14.8 Å². The predicted molar refractivity (Wildman–Crippen MR) is 100 cm³/mol. The van der Waals surface area contributed by atoms with Gasteiger partial charge in [-0.1, -0.05) is 19.1 Å². The van der Waals surface area contributed by atoms with Gasteiger partial charge in [-0.3, -0.25) is 9.59 Å². The lowest BCUT2D eigenvalue weighted by Gasteiger charge is -2.18. The topological polar surface area (TPSA) is 64.6 Å². The van der Waals surface area contributed by atoms with Crippen LogP contribution >= 0.6 is 0 Å². The molecule has 0 aromatic heterocycles. The van der Waals surface area contributed by atoms with Gasteiger partial charge in [-0.2, -0.15) is 0 Å². The molecule has 0 bridgehead atoms. The number of rotatable bonds is 6. The molecule has 0 saturated carbocycles. The van der Waals surface area contributed by atoms with Crippen LogP contribution in [0, 0.1) is 6.92 Å². The normalized spacial score (nSPS) is 12.5. The van der Waals surface area contributed by atoms with Gasteiger partial charge in [0.05, 0.1) is 0 Å². The van der Waals surface area contributed by atoms with Crippen molar-refractivity contribution in [1.82, 2.24) is 0 Å². The van der Waals surface area contributed by atoms with E-state index in [-0.39, 0.29) is 24.5 Å². The van der Waals surface area contributed by atoms with Crippen LogP contribution in [0.3, 0.4) is 0 Å². The highest BCUT2D eigenvalue weighted by Gasteiger charge is 2.16. The fourth-order valence-corrected chi connectivity index (χ4v) is 2.82. The Morgan fingerprint density at radius 1 is 1.00 bits per heavy atom. The second-order valence-corrected chi connectivity index (χ2v) is 6.33. The maximum Gasteiger partial charge on any atom is 0.224 e. The van der Waals surface area contributed by atoms with Gasteiger partial charge in [0.15, 0.2) is 17.3 Å². The molecule has 5 nitrogen and oxygen atoms in total. The molecule has 2 aromatic carbocycles. The van der Waals surface area contributed by atoms with E-state index < -0.39 is 0 Å². The quantitative estimate of drug-likeness (QED) is 0.799. The predicted octanol–water partition coefficient (Wildman–Crippen LogP) is 3.93. The third kappa shape index (κ3) is 4.23. The molecule has 0 saturated heterocycles. The van der Waals surface area contributed by atoms with E-state index in [1.165, 1.54) is 5.56 Å². The number of anilines is 1. The summed E-state index contributed by atoms with van der Waals surface area (Å²) in [5, 5.41) is 2.91. The van der Waals surface area contributed by atoms with E-state index in [2.05, 4.69) is 18.3 Å². The van der Waals surface area contributed by atoms with E-state index in [4.69, 9.17) is 9.47 Å². The van der Waals surface area contributed by atoms with Crippen LogP contribution in [-0.4, -0.2) is 24.9 Å². The standard InChI is InChI=1S/C21H23NO4/c1-3-15-5-4-14(2)17(12-15)22-21(24)9-7-18(23)16-6-8-19-20(13-16)26-11-10-25-19/h4-6,8,12-13H,3,7,9-11H2,1-2H3,(H,22,24). The molecule has 1 heterocycles. The smallest absolute Gasteiger partial charge is 0.224 e. The Balaban J connectivity index is 1.58. The van der Waals surface area contributed by atoms with Gasteiger partial charge >= 0.3 is 0 Å². The molecular formula is C21H23NO4. The van der Waals surface area contributed by atoms with Crippen LogP contribution in [0.15, 0.2) is 36.4 Å². The molecule has 5 heteroatoms. The molecule has 1 aliphatic heterocycles. The Morgan fingerprint density at radius 3 is 2.54 bits per heavy atom. The van der Waals surface area contributed by atoms with E-state index in [9.17, 15) is 9.59 Å². The number of hydrogen-bond donors (Lipinski definition) is 1. The van der Waals surface area contributed by atoms with Crippen LogP contribution in [0.5, 0.6) is 11.5 Å². The summed E-state index contributed by atoms with van der Waals surface area (Å²) in [5.41, 5.74) is 3.51. The molecule has 0 spiro atoms. The SMILES string of the molecule is CCc1ccc(C)c(NC(=O)CCC(=O)c2ccc3c(c2)OCCO3)c1. The second kappa shape index (κ2) is 8.04. The Kier molecular flexibility index (Phi) is 5.56. The lowest BCUT2D eigenvalue weighted by Crippen LogP contribution is -2.16. The summed E-state index contributed by atoms with van der Waals surface area (Å²) in [4.78, 5) is 24.6. The minimum absolute atomic E-state index is 0.0869. The third-order valence-electron chi connectivity index (χ3n) is 4.43. The van der Waals surface area contributed by atoms with Crippen molar-refractivity contribution < 1.29 is 19.1 Å². The van der Waals surface area contributed by atoms with Crippen LogP contribution in [0.1, 0.15) is 41.3 Å². The first-order chi connectivity index (χ1) is 12.6. The monoisotopic (exact) mass is 353 g/mol. The van der Waals surface area contributed by atoms with E-state index in [0.29, 0.717) is 30.3 Å². The Labute approximate surface area is 153 Å². The molecule has 1 N–H and O–H groups in total. The number of fused-ring (bicyclic) bond motifs is 1. The lowest BCUT2D eigenvalue weighted by atomic mass is 10.0. The molecule has 0 fully saturated rings. The second-order valence-electron chi connectivity index (χ2n) is 6.33. The molecule has 2 aromatic rings. The Bertz CT molecular complexity index is 829. The zero-order valence-corrected chi connectivity index (χ0v) is 15.1. The number of carbonyl (C=O) groups is 2. The minimum atomic E-state index is -0.160. The maximum absolute atomic E-state index is 12.4. The number of ether oxygens (including phenoxy) is 2. The van der Waals surface area contributed by atoms with Crippen LogP contribution in [0.2, 0.25) is 0 Å². The highest BCUT2D eigenvalue weighted by Crippen LogP contribution is 2.31. The molecule has 136 valence electrons. The Hall–Kier alpha value is -2.82. The van der Waals surface area contributed by atoms with Gasteiger partial charge in [0, 0.05) is 24.1 Å². The molecule has 3 rings (SSSR count). The molecule has 1 aliphatic rings. The van der Waals surface area contributed by atoms with Crippen molar-refractivity contribution in [2.75, 3.05) is 18.5 Å². The first-order valence-corrected chi connectivity index (χ1v) is 8.89. The van der Waals surface area contributed by atoms with Crippen LogP contribution < -0.4 is 14.8 Å². The van der Waals surface area contributed by atoms with Crippen LogP contribution in [0.25, 0.3) is 0 Å². The van der Waals surface area contributed by atoms with Gasteiger partial charge in [0.1, 0.15) is 13.2 Å². The summed E-state index contributed by atoms with van der Waals surface area (Å²) < 4.78 is 10.9. The number of nitrogens with one attached hydrogen (secondary N) is 1. The summed E-state index contributed by atoms with van der Waals surface area (Å²) in [6.45, 7) is 5.01. The maximum atomic E-state index is 12.4. The summed E-state index contributed by atoms with van der Waals surface area (Å²) in [7, 11) is 0. The van der Waals surface area contributed by atoms with E-state index in [1.54, 1.807) is 18.2 Å². The van der Waals surface area contributed by atoms with Crippen LogP contribution in [-0.2, 0) is 11.2 Å². The largest absolute Gasteiger partial charge is 0.486 e. The van der Waals surface area contributed by atoms with Gasteiger partial charge in [-0.15, -0.1) is 0 Å². The van der Waals surface area contributed by atoms with Crippen molar-refractivity contribution in [3.8, 4) is 11.5 Å². The minimum Gasteiger partial charge on any atom is -0.486 e. The average Bonchev–Trinajstić information content (AvgIpc) is 2.67.